The van der Waals surface area contributed by atoms with E-state index in [1.54, 1.807) is 0 Å². The number of hydrogen-bond donors (Lipinski definition) is 2. The normalized spacial score (nSPS) is 11.5. The van der Waals surface area contributed by atoms with Gasteiger partial charge in [0.1, 0.15) is 0 Å². The Labute approximate surface area is 114 Å². The van der Waals surface area contributed by atoms with Crippen molar-refractivity contribution >= 4 is 23.5 Å². The summed E-state index contributed by atoms with van der Waals surface area (Å²) in [6, 6.07) is 5.13. The second-order valence-corrected chi connectivity index (χ2v) is 5.44. The molecule has 2 amide bonds. The molecule has 0 saturated carbocycles. The molecule has 1 rings (SSSR count). The molecule has 0 unspecified atom stereocenters. The van der Waals surface area contributed by atoms with Gasteiger partial charge in [-0.3, -0.25) is 0 Å². The highest BCUT2D eigenvalue weighted by atomic mass is 32.2. The fourth-order valence-electron chi connectivity index (χ4n) is 1.21. The van der Waals surface area contributed by atoms with Gasteiger partial charge in [0.05, 0.1) is 0 Å². The molecule has 3 nitrogen and oxygen atoms in total. The number of urea groups is 1. The van der Waals surface area contributed by atoms with Crippen molar-refractivity contribution in [2.75, 3.05) is 11.9 Å². The maximum absolute atomic E-state index is 12.1. The summed E-state index contributed by atoms with van der Waals surface area (Å²) in [5, 5.41) is 5.19. The standard InChI is InChI=1S/C12H15F3N2OS/c1-8(2)7-16-11(18)17-9-3-5-10(6-4-9)19-12(13,14)15/h3-6,8H,7H2,1-2H3,(H2,16,17,18). The first-order valence-corrected chi connectivity index (χ1v) is 6.48. The van der Waals surface area contributed by atoms with Gasteiger partial charge in [0, 0.05) is 17.1 Å². The number of carbonyl (C=O) groups is 1. The largest absolute Gasteiger partial charge is 0.446 e. The predicted octanol–water partition coefficient (Wildman–Crippen LogP) is 4.08. The van der Waals surface area contributed by atoms with Gasteiger partial charge in [0.2, 0.25) is 0 Å². The summed E-state index contributed by atoms with van der Waals surface area (Å²) in [6.45, 7) is 4.46. The van der Waals surface area contributed by atoms with Crippen LogP contribution in [0.5, 0.6) is 0 Å². The maximum Gasteiger partial charge on any atom is 0.446 e. The lowest BCUT2D eigenvalue weighted by atomic mass is 10.2. The molecule has 0 spiro atoms. The predicted molar refractivity (Wildman–Crippen MR) is 70.2 cm³/mol. The number of hydrogen-bond acceptors (Lipinski definition) is 2. The van der Waals surface area contributed by atoms with Crippen LogP contribution >= 0.6 is 11.8 Å². The summed E-state index contributed by atoms with van der Waals surface area (Å²) in [5.74, 6) is 0.330. The van der Waals surface area contributed by atoms with E-state index in [2.05, 4.69) is 10.6 Å². The summed E-state index contributed by atoms with van der Waals surface area (Å²) in [6.07, 6.45) is 0. The van der Waals surface area contributed by atoms with Gasteiger partial charge < -0.3 is 10.6 Å². The average Bonchev–Trinajstić information content (AvgIpc) is 2.27. The van der Waals surface area contributed by atoms with Crippen LogP contribution in [0.25, 0.3) is 0 Å². The van der Waals surface area contributed by atoms with Crippen LogP contribution < -0.4 is 10.6 Å². The van der Waals surface area contributed by atoms with E-state index < -0.39 is 5.51 Å². The highest BCUT2D eigenvalue weighted by Crippen LogP contribution is 2.36. The van der Waals surface area contributed by atoms with Gasteiger partial charge >= 0.3 is 11.5 Å². The molecule has 1 aromatic carbocycles. The van der Waals surface area contributed by atoms with Crippen LogP contribution in [0.1, 0.15) is 13.8 Å². The molecule has 0 atom stereocenters. The molecule has 0 aliphatic carbocycles. The zero-order valence-corrected chi connectivity index (χ0v) is 11.4. The molecular formula is C12H15F3N2OS. The van der Waals surface area contributed by atoms with Gasteiger partial charge in [-0.25, -0.2) is 4.79 Å². The lowest BCUT2D eigenvalue weighted by Gasteiger charge is -2.10. The molecule has 0 fully saturated rings. The molecule has 0 heterocycles. The van der Waals surface area contributed by atoms with Crippen LogP contribution in [-0.2, 0) is 0 Å². The van der Waals surface area contributed by atoms with E-state index in [1.807, 2.05) is 13.8 Å². The van der Waals surface area contributed by atoms with Crippen molar-refractivity contribution in [3.8, 4) is 0 Å². The number of thioether (sulfide) groups is 1. The molecule has 0 aliphatic heterocycles. The van der Waals surface area contributed by atoms with Crippen molar-refractivity contribution in [3.05, 3.63) is 24.3 Å². The molecular weight excluding hydrogens is 277 g/mol. The van der Waals surface area contributed by atoms with Gasteiger partial charge in [0.25, 0.3) is 0 Å². The lowest BCUT2D eigenvalue weighted by Crippen LogP contribution is -2.31. The minimum atomic E-state index is -4.30. The maximum atomic E-state index is 12.1. The zero-order chi connectivity index (χ0) is 14.5. The Kier molecular flexibility index (Phi) is 5.53. The van der Waals surface area contributed by atoms with Crippen LogP contribution in [0.3, 0.4) is 0 Å². The minimum absolute atomic E-state index is 0.0839. The SMILES string of the molecule is CC(C)CNC(=O)Nc1ccc(SC(F)(F)F)cc1. The molecule has 106 valence electrons. The van der Waals surface area contributed by atoms with Crippen LogP contribution in [0.4, 0.5) is 23.7 Å². The van der Waals surface area contributed by atoms with E-state index >= 15 is 0 Å². The van der Waals surface area contributed by atoms with Crippen LogP contribution in [0, 0.1) is 5.92 Å². The van der Waals surface area contributed by atoms with Crippen molar-refractivity contribution in [2.45, 2.75) is 24.3 Å². The summed E-state index contributed by atoms with van der Waals surface area (Å²) in [4.78, 5) is 11.5. The summed E-state index contributed by atoms with van der Waals surface area (Å²) < 4.78 is 36.3. The number of halogens is 3. The minimum Gasteiger partial charge on any atom is -0.338 e. The van der Waals surface area contributed by atoms with Crippen molar-refractivity contribution in [1.82, 2.24) is 5.32 Å². The van der Waals surface area contributed by atoms with Gasteiger partial charge in [-0.05, 0) is 41.9 Å². The molecule has 0 saturated heterocycles. The average molecular weight is 292 g/mol. The number of benzene rings is 1. The molecule has 2 N–H and O–H groups in total. The number of amides is 2. The molecule has 0 aromatic heterocycles. The molecule has 7 heteroatoms. The second-order valence-electron chi connectivity index (χ2n) is 4.30. The summed E-state index contributed by atoms with van der Waals surface area (Å²) in [7, 11) is 0. The third-order valence-corrected chi connectivity index (χ3v) is 2.76. The van der Waals surface area contributed by atoms with Gasteiger partial charge in [-0.2, -0.15) is 13.2 Å². The van der Waals surface area contributed by atoms with Crippen molar-refractivity contribution in [3.63, 3.8) is 0 Å². The van der Waals surface area contributed by atoms with E-state index in [4.69, 9.17) is 0 Å². The van der Waals surface area contributed by atoms with Gasteiger partial charge in [-0.1, -0.05) is 13.8 Å². The van der Waals surface area contributed by atoms with Crippen molar-refractivity contribution < 1.29 is 18.0 Å². The fraction of sp³-hybridized carbons (Fsp3) is 0.417. The lowest BCUT2D eigenvalue weighted by molar-refractivity contribution is -0.0328. The number of alkyl halides is 3. The Morgan fingerprint density at radius 1 is 1.26 bits per heavy atom. The quantitative estimate of drug-likeness (QED) is 0.821. The van der Waals surface area contributed by atoms with E-state index in [0.29, 0.717) is 18.2 Å². The highest BCUT2D eigenvalue weighted by Gasteiger charge is 2.28. The Bertz CT molecular complexity index is 418. The Hall–Kier alpha value is -1.37. The smallest absolute Gasteiger partial charge is 0.338 e. The van der Waals surface area contributed by atoms with E-state index in [-0.39, 0.29) is 22.7 Å². The van der Waals surface area contributed by atoms with E-state index in [9.17, 15) is 18.0 Å². The van der Waals surface area contributed by atoms with Gasteiger partial charge in [0.15, 0.2) is 0 Å². The highest BCUT2D eigenvalue weighted by molar-refractivity contribution is 8.00. The fourth-order valence-corrected chi connectivity index (χ4v) is 1.75. The Balaban J connectivity index is 2.50. The summed E-state index contributed by atoms with van der Waals surface area (Å²) >= 11 is -0.186. The Morgan fingerprint density at radius 3 is 2.32 bits per heavy atom. The number of rotatable bonds is 4. The van der Waals surface area contributed by atoms with Crippen LogP contribution in [-0.4, -0.2) is 18.1 Å². The van der Waals surface area contributed by atoms with Gasteiger partial charge in [-0.15, -0.1) is 0 Å². The summed E-state index contributed by atoms with van der Waals surface area (Å²) in [5.41, 5.74) is -3.85. The van der Waals surface area contributed by atoms with Crippen LogP contribution in [0.15, 0.2) is 29.2 Å². The number of nitrogens with one attached hydrogen (secondary N) is 2. The molecule has 19 heavy (non-hydrogen) atoms. The monoisotopic (exact) mass is 292 g/mol. The first-order valence-electron chi connectivity index (χ1n) is 5.67. The second kappa shape index (κ2) is 6.70. The molecule has 1 aromatic rings. The topological polar surface area (TPSA) is 41.1 Å². The zero-order valence-electron chi connectivity index (χ0n) is 10.5. The first-order chi connectivity index (χ1) is 8.76. The Morgan fingerprint density at radius 2 is 1.84 bits per heavy atom. The van der Waals surface area contributed by atoms with E-state index in [0.717, 1.165) is 0 Å². The van der Waals surface area contributed by atoms with Crippen molar-refractivity contribution in [2.24, 2.45) is 5.92 Å². The van der Waals surface area contributed by atoms with E-state index in [1.165, 1.54) is 24.3 Å². The first kappa shape index (κ1) is 15.7. The molecule has 0 bridgehead atoms. The van der Waals surface area contributed by atoms with Crippen LogP contribution in [0.2, 0.25) is 0 Å². The number of anilines is 1. The molecule has 0 radical (unpaired) electrons. The molecule has 0 aliphatic rings. The third kappa shape index (κ3) is 6.95. The van der Waals surface area contributed by atoms with Crippen molar-refractivity contribution in [1.29, 1.82) is 0 Å². The third-order valence-electron chi connectivity index (χ3n) is 2.02. The number of carbonyl (C=O) groups excluding carboxylic acids is 1.